The number of aliphatic hydroxyl groups is 6. The molecule has 1 aliphatic heterocycles. The summed E-state index contributed by atoms with van der Waals surface area (Å²) >= 11 is 0. The number of hydrogen-bond donors (Lipinski definition) is 7. The van der Waals surface area contributed by atoms with Crippen LogP contribution in [0.15, 0.2) is 0 Å². The summed E-state index contributed by atoms with van der Waals surface area (Å²) in [6.45, 7) is 3.64. The smallest absolute Gasteiger partial charge is 0.220 e. The number of carbonyl (C=O) groups is 1. The summed E-state index contributed by atoms with van der Waals surface area (Å²) in [5, 5.41) is 65.3. The van der Waals surface area contributed by atoms with E-state index in [2.05, 4.69) is 19.2 Å². The van der Waals surface area contributed by atoms with Crippen LogP contribution in [0.1, 0.15) is 245 Å². The van der Waals surface area contributed by atoms with Crippen molar-refractivity contribution >= 4 is 5.91 Å². The minimum absolute atomic E-state index is 0.252. The highest BCUT2D eigenvalue weighted by Gasteiger charge is 2.44. The normalized spacial score (nSPS) is 21.1. The molecule has 10 nitrogen and oxygen atoms in total. The number of carbonyl (C=O) groups excluding carboxylic acids is 1. The summed E-state index contributed by atoms with van der Waals surface area (Å²) in [5.74, 6) is -0.252. The van der Waals surface area contributed by atoms with E-state index >= 15 is 0 Å². The second-order valence-corrected chi connectivity index (χ2v) is 18.1. The third kappa shape index (κ3) is 30.0. The second-order valence-electron chi connectivity index (χ2n) is 18.1. The van der Waals surface area contributed by atoms with Gasteiger partial charge in [0.2, 0.25) is 5.91 Å². The molecule has 1 aliphatic rings. The molecule has 8 atom stereocenters. The fraction of sp³-hybridized carbons (Fsp3) is 0.980. The maximum absolute atomic E-state index is 13.0. The Morgan fingerprint density at radius 2 is 0.881 bits per heavy atom. The molecule has 0 bridgehead atoms. The SMILES string of the molecule is CCCCCCCCCCCCCCCCCCCCCC(=O)N[C@@H](CO[C@@H]1O[C@H](CO)[C@@H](O)C(O)C1O)[C@H](O)[C@H](O)CCCCCCCCCCCCCCCCC. The van der Waals surface area contributed by atoms with Crippen LogP contribution in [-0.2, 0) is 14.3 Å². The highest BCUT2D eigenvalue weighted by atomic mass is 16.7. The predicted octanol–water partition coefficient (Wildman–Crippen LogP) is 10.1. The van der Waals surface area contributed by atoms with Crippen molar-refractivity contribution in [2.24, 2.45) is 0 Å². The summed E-state index contributed by atoms with van der Waals surface area (Å²) in [4.78, 5) is 13.0. The van der Waals surface area contributed by atoms with Crippen LogP contribution >= 0.6 is 0 Å². The Hall–Kier alpha value is -0.850. The summed E-state index contributed by atoms with van der Waals surface area (Å²) in [5.41, 5.74) is 0. The lowest BCUT2D eigenvalue weighted by Crippen LogP contribution is -2.60. The zero-order valence-corrected chi connectivity index (χ0v) is 38.4. The molecule has 352 valence electrons. The van der Waals surface area contributed by atoms with Crippen LogP contribution in [0.4, 0.5) is 0 Å². The van der Waals surface area contributed by atoms with Crippen molar-refractivity contribution in [1.29, 1.82) is 0 Å². The van der Waals surface area contributed by atoms with Crippen molar-refractivity contribution in [1.82, 2.24) is 5.32 Å². The van der Waals surface area contributed by atoms with E-state index in [9.17, 15) is 35.4 Å². The maximum atomic E-state index is 13.0. The van der Waals surface area contributed by atoms with Gasteiger partial charge in [0.05, 0.1) is 25.4 Å². The number of amides is 1. The molecule has 7 N–H and O–H groups in total. The Labute approximate surface area is 362 Å². The van der Waals surface area contributed by atoms with E-state index in [0.717, 1.165) is 38.5 Å². The van der Waals surface area contributed by atoms with Gasteiger partial charge in [0.15, 0.2) is 6.29 Å². The van der Waals surface area contributed by atoms with Gasteiger partial charge in [0.1, 0.15) is 30.5 Å². The van der Waals surface area contributed by atoms with E-state index in [-0.39, 0.29) is 18.9 Å². The Balaban J connectivity index is 2.32. The first-order valence-electron chi connectivity index (χ1n) is 25.3. The molecule has 1 fully saturated rings. The molecule has 1 heterocycles. The molecule has 0 aromatic heterocycles. The zero-order valence-electron chi connectivity index (χ0n) is 38.4. The van der Waals surface area contributed by atoms with Crippen molar-refractivity contribution in [3.05, 3.63) is 0 Å². The average Bonchev–Trinajstić information content (AvgIpc) is 3.23. The van der Waals surface area contributed by atoms with Crippen LogP contribution < -0.4 is 5.32 Å². The number of ether oxygens (including phenoxy) is 2. The van der Waals surface area contributed by atoms with E-state index in [0.29, 0.717) is 6.42 Å². The molecule has 0 aromatic rings. The second kappa shape index (κ2) is 40.0. The fourth-order valence-corrected chi connectivity index (χ4v) is 8.44. The van der Waals surface area contributed by atoms with Crippen molar-refractivity contribution in [2.45, 2.75) is 294 Å². The molecule has 0 radical (unpaired) electrons. The van der Waals surface area contributed by atoms with Crippen molar-refractivity contribution < 1.29 is 44.9 Å². The van der Waals surface area contributed by atoms with Gasteiger partial charge >= 0.3 is 0 Å². The molecule has 59 heavy (non-hydrogen) atoms. The molecule has 1 saturated heterocycles. The molecule has 1 rings (SSSR count). The lowest BCUT2D eigenvalue weighted by Gasteiger charge is -2.40. The average molecular weight is 844 g/mol. The molecule has 0 saturated carbocycles. The summed E-state index contributed by atoms with van der Waals surface area (Å²) < 4.78 is 11.2. The molecule has 1 amide bonds. The Bertz CT molecular complexity index is 911. The van der Waals surface area contributed by atoms with Gasteiger partial charge in [-0.05, 0) is 12.8 Å². The molecule has 0 spiro atoms. The van der Waals surface area contributed by atoms with Crippen molar-refractivity contribution in [3.63, 3.8) is 0 Å². The molecular formula is C49H97NO9. The first-order chi connectivity index (χ1) is 28.8. The van der Waals surface area contributed by atoms with Crippen molar-refractivity contribution in [2.75, 3.05) is 13.2 Å². The fourth-order valence-electron chi connectivity index (χ4n) is 8.44. The van der Waals surface area contributed by atoms with Crippen LogP contribution in [0.2, 0.25) is 0 Å². The minimum Gasteiger partial charge on any atom is -0.394 e. The van der Waals surface area contributed by atoms with Crippen LogP contribution in [0.3, 0.4) is 0 Å². The largest absolute Gasteiger partial charge is 0.394 e. The number of rotatable bonds is 43. The molecule has 0 aliphatic carbocycles. The monoisotopic (exact) mass is 844 g/mol. The standard InChI is InChI=1S/C49H97NO9/c1-3-5-7-9-11-13-15-17-19-20-21-22-24-26-28-30-32-34-36-38-44(53)50-41(40-58-49-48(57)47(56)46(55)43(39-51)59-49)45(54)42(52)37-35-33-31-29-27-25-23-18-16-14-12-10-8-6-4-2/h41-43,45-49,51-52,54-57H,3-40H2,1-2H3,(H,50,53)/t41-,42+,43+,45-,46+,47?,48?,49+/m0/s1. The number of aliphatic hydroxyl groups excluding tert-OH is 6. The van der Waals surface area contributed by atoms with Gasteiger partial charge < -0.3 is 45.4 Å². The lowest BCUT2D eigenvalue weighted by molar-refractivity contribution is -0.303. The van der Waals surface area contributed by atoms with Gasteiger partial charge in [-0.3, -0.25) is 4.79 Å². The van der Waals surface area contributed by atoms with Gasteiger partial charge in [-0.15, -0.1) is 0 Å². The number of unbranched alkanes of at least 4 members (excludes halogenated alkanes) is 32. The van der Waals surface area contributed by atoms with Crippen molar-refractivity contribution in [3.8, 4) is 0 Å². The van der Waals surface area contributed by atoms with E-state index < -0.39 is 55.6 Å². The van der Waals surface area contributed by atoms with E-state index in [4.69, 9.17) is 9.47 Å². The Morgan fingerprint density at radius 1 is 0.525 bits per heavy atom. The third-order valence-corrected chi connectivity index (χ3v) is 12.6. The van der Waals surface area contributed by atoms with Crippen LogP contribution in [0, 0.1) is 0 Å². The zero-order chi connectivity index (χ0) is 43.2. The quantitative estimate of drug-likeness (QED) is 0.0296. The number of nitrogens with one attached hydrogen (secondary N) is 1. The molecule has 2 unspecified atom stereocenters. The van der Waals surface area contributed by atoms with Crippen LogP contribution in [-0.4, -0.2) is 98.7 Å². The van der Waals surface area contributed by atoms with Crippen LogP contribution in [0.5, 0.6) is 0 Å². The summed E-state index contributed by atoms with van der Waals surface area (Å²) in [7, 11) is 0. The predicted molar refractivity (Wildman–Crippen MR) is 241 cm³/mol. The van der Waals surface area contributed by atoms with Gasteiger partial charge in [0, 0.05) is 6.42 Å². The topological polar surface area (TPSA) is 169 Å². The summed E-state index contributed by atoms with van der Waals surface area (Å²) in [6, 6.07) is -0.985. The van der Waals surface area contributed by atoms with E-state index in [1.54, 1.807) is 0 Å². The minimum atomic E-state index is -1.60. The number of hydrogen-bond acceptors (Lipinski definition) is 9. The van der Waals surface area contributed by atoms with Gasteiger partial charge in [0.25, 0.3) is 0 Å². The lowest BCUT2D eigenvalue weighted by atomic mass is 9.98. The summed E-state index contributed by atoms with van der Waals surface area (Å²) in [6.07, 6.45) is 33.9. The molecule has 10 heteroatoms. The van der Waals surface area contributed by atoms with Crippen LogP contribution in [0.25, 0.3) is 0 Å². The van der Waals surface area contributed by atoms with E-state index in [1.165, 1.54) is 180 Å². The Kier molecular flexibility index (Phi) is 38.0. The van der Waals surface area contributed by atoms with Gasteiger partial charge in [-0.25, -0.2) is 0 Å². The third-order valence-electron chi connectivity index (χ3n) is 12.6. The molecular weight excluding hydrogens is 747 g/mol. The highest BCUT2D eigenvalue weighted by molar-refractivity contribution is 5.76. The maximum Gasteiger partial charge on any atom is 0.220 e. The van der Waals surface area contributed by atoms with Gasteiger partial charge in [-0.1, -0.05) is 226 Å². The Morgan fingerprint density at radius 3 is 1.25 bits per heavy atom. The van der Waals surface area contributed by atoms with Gasteiger partial charge in [-0.2, -0.15) is 0 Å². The highest BCUT2D eigenvalue weighted by Crippen LogP contribution is 2.23. The first kappa shape index (κ1) is 56.2. The molecule has 0 aromatic carbocycles. The first-order valence-corrected chi connectivity index (χ1v) is 25.3. The van der Waals surface area contributed by atoms with E-state index in [1.807, 2.05) is 0 Å².